The van der Waals surface area contributed by atoms with Crippen LogP contribution in [0.4, 0.5) is 5.69 Å². The van der Waals surface area contributed by atoms with Crippen molar-refractivity contribution in [1.82, 2.24) is 9.80 Å². The summed E-state index contributed by atoms with van der Waals surface area (Å²) in [5.74, 6) is 0.353. The van der Waals surface area contributed by atoms with Crippen molar-refractivity contribution < 1.29 is 14.3 Å². The van der Waals surface area contributed by atoms with Crippen LogP contribution in [0.15, 0.2) is 24.3 Å². The van der Waals surface area contributed by atoms with Crippen LogP contribution in [-0.4, -0.2) is 75.0 Å². The Kier molecular flexibility index (Phi) is 5.44. The van der Waals surface area contributed by atoms with Crippen molar-refractivity contribution in [3.05, 3.63) is 24.3 Å². The van der Waals surface area contributed by atoms with Gasteiger partial charge in [0.05, 0.1) is 13.7 Å². The Balaban J connectivity index is 2.16. The van der Waals surface area contributed by atoms with E-state index in [0.29, 0.717) is 13.1 Å². The fourth-order valence-corrected chi connectivity index (χ4v) is 2.77. The van der Waals surface area contributed by atoms with Crippen molar-refractivity contribution in [2.24, 2.45) is 5.73 Å². The second-order valence-electron chi connectivity index (χ2n) is 5.83. The van der Waals surface area contributed by atoms with E-state index in [1.54, 1.807) is 26.1 Å². The number of carbonyl (C=O) groups excluding carboxylic acids is 2. The Hall–Kier alpha value is -2.28. The van der Waals surface area contributed by atoms with Crippen molar-refractivity contribution in [1.29, 1.82) is 0 Å². The number of hydrogen-bond acceptors (Lipinski definition) is 5. The fourth-order valence-electron chi connectivity index (χ4n) is 2.77. The predicted octanol–water partition coefficient (Wildman–Crippen LogP) is -0.241. The molecule has 0 aromatic heterocycles. The van der Waals surface area contributed by atoms with E-state index in [1.165, 1.54) is 0 Å². The minimum absolute atomic E-state index is 0.0236. The minimum atomic E-state index is -0.417. The molecular formula is C16H24N4O3. The summed E-state index contributed by atoms with van der Waals surface area (Å²) in [5, 5.41) is 0. The number of carbonyl (C=O) groups is 2. The highest BCUT2D eigenvalue weighted by Crippen LogP contribution is 2.22. The van der Waals surface area contributed by atoms with Crippen LogP contribution in [0, 0.1) is 0 Å². The zero-order valence-electron chi connectivity index (χ0n) is 13.9. The first kappa shape index (κ1) is 17.1. The number of primary amides is 1. The molecule has 7 heteroatoms. The fraction of sp³-hybridized carbons (Fsp3) is 0.500. The summed E-state index contributed by atoms with van der Waals surface area (Å²) in [4.78, 5) is 29.3. The first-order valence-corrected chi connectivity index (χ1v) is 7.55. The van der Waals surface area contributed by atoms with Gasteiger partial charge in [0.1, 0.15) is 11.8 Å². The number of ether oxygens (including phenoxy) is 1. The quantitative estimate of drug-likeness (QED) is 0.810. The average molecular weight is 320 g/mol. The number of anilines is 1. The molecular weight excluding hydrogens is 296 g/mol. The molecule has 1 aromatic rings. The molecule has 0 aliphatic carbocycles. The van der Waals surface area contributed by atoms with Gasteiger partial charge in [0.25, 0.3) is 0 Å². The number of hydrogen-bond donors (Lipinski definition) is 1. The molecule has 1 aliphatic rings. The summed E-state index contributed by atoms with van der Waals surface area (Å²) in [5.41, 5.74) is 6.34. The van der Waals surface area contributed by atoms with Gasteiger partial charge in [-0.1, -0.05) is 0 Å². The number of likely N-dealkylation sites (N-methyl/N-ethyl adjacent to an activating group) is 1. The van der Waals surface area contributed by atoms with Crippen molar-refractivity contribution >= 4 is 17.5 Å². The summed E-state index contributed by atoms with van der Waals surface area (Å²) in [7, 11) is 5.07. The first-order valence-electron chi connectivity index (χ1n) is 7.55. The zero-order chi connectivity index (χ0) is 17.0. The molecule has 0 spiro atoms. The third kappa shape index (κ3) is 4.13. The van der Waals surface area contributed by atoms with Gasteiger partial charge in [-0.3, -0.25) is 14.5 Å². The number of nitrogens with two attached hydrogens (primary N) is 1. The summed E-state index contributed by atoms with van der Waals surface area (Å²) >= 11 is 0. The van der Waals surface area contributed by atoms with Crippen LogP contribution in [0.2, 0.25) is 0 Å². The number of rotatable bonds is 5. The van der Waals surface area contributed by atoms with E-state index in [9.17, 15) is 9.59 Å². The lowest BCUT2D eigenvalue weighted by atomic mass is 10.1. The van der Waals surface area contributed by atoms with Crippen LogP contribution in [0.5, 0.6) is 5.75 Å². The Morgan fingerprint density at radius 1 is 1.26 bits per heavy atom. The molecule has 0 radical (unpaired) electrons. The third-order valence-electron chi connectivity index (χ3n) is 4.01. The lowest BCUT2D eigenvalue weighted by Crippen LogP contribution is -2.60. The minimum Gasteiger partial charge on any atom is -0.497 e. The lowest BCUT2D eigenvalue weighted by molar-refractivity contribution is -0.135. The highest BCUT2D eigenvalue weighted by Gasteiger charge is 2.34. The molecule has 0 bridgehead atoms. The Morgan fingerprint density at radius 2 is 1.91 bits per heavy atom. The SMILES string of the molecule is COc1ccc(N2CCN(CC(N)=O)C(C(=O)N(C)C)C2)cc1. The molecule has 23 heavy (non-hydrogen) atoms. The van der Waals surface area contributed by atoms with E-state index < -0.39 is 5.91 Å². The molecule has 1 heterocycles. The molecule has 2 rings (SSSR count). The maximum atomic E-state index is 12.5. The van der Waals surface area contributed by atoms with Gasteiger partial charge in [0.15, 0.2) is 0 Å². The van der Waals surface area contributed by atoms with Gasteiger partial charge < -0.3 is 20.3 Å². The van der Waals surface area contributed by atoms with E-state index in [0.717, 1.165) is 18.0 Å². The van der Waals surface area contributed by atoms with Gasteiger partial charge in [-0.05, 0) is 24.3 Å². The normalized spacial score (nSPS) is 18.6. The second kappa shape index (κ2) is 7.32. The molecule has 1 fully saturated rings. The predicted molar refractivity (Wildman–Crippen MR) is 88.5 cm³/mol. The smallest absolute Gasteiger partial charge is 0.241 e. The van der Waals surface area contributed by atoms with E-state index in [-0.39, 0.29) is 18.5 Å². The summed E-state index contributed by atoms with van der Waals surface area (Å²) in [6.07, 6.45) is 0. The Bertz CT molecular complexity index is 559. The molecule has 126 valence electrons. The molecule has 1 saturated heterocycles. The molecule has 1 atom stereocenters. The third-order valence-corrected chi connectivity index (χ3v) is 4.01. The first-order chi connectivity index (χ1) is 10.9. The Morgan fingerprint density at radius 3 is 2.43 bits per heavy atom. The van der Waals surface area contributed by atoms with Gasteiger partial charge in [0.2, 0.25) is 11.8 Å². The number of amides is 2. The van der Waals surface area contributed by atoms with Gasteiger partial charge >= 0.3 is 0 Å². The lowest BCUT2D eigenvalue weighted by Gasteiger charge is -2.41. The van der Waals surface area contributed by atoms with Crippen molar-refractivity contribution in [2.75, 3.05) is 52.3 Å². The van der Waals surface area contributed by atoms with E-state index in [2.05, 4.69) is 4.90 Å². The van der Waals surface area contributed by atoms with Gasteiger partial charge in [-0.2, -0.15) is 0 Å². The van der Waals surface area contributed by atoms with Gasteiger partial charge in [-0.15, -0.1) is 0 Å². The molecule has 0 saturated carbocycles. The standard InChI is InChI=1S/C16H24N4O3/c1-18(2)16(22)14-10-19(8-9-20(14)11-15(17)21)12-4-6-13(23-3)7-5-12/h4-7,14H,8-11H2,1-3H3,(H2,17,21). The highest BCUT2D eigenvalue weighted by molar-refractivity contribution is 5.84. The molecule has 1 unspecified atom stereocenters. The van der Waals surface area contributed by atoms with E-state index in [4.69, 9.17) is 10.5 Å². The topological polar surface area (TPSA) is 79.1 Å². The number of nitrogens with zero attached hydrogens (tertiary/aromatic N) is 3. The molecule has 1 aliphatic heterocycles. The van der Waals surface area contributed by atoms with Gasteiger partial charge in [-0.25, -0.2) is 0 Å². The van der Waals surface area contributed by atoms with Crippen LogP contribution in [0.3, 0.4) is 0 Å². The van der Waals surface area contributed by atoms with E-state index >= 15 is 0 Å². The molecule has 2 N–H and O–H groups in total. The van der Waals surface area contributed by atoms with Crippen molar-refractivity contribution in [3.63, 3.8) is 0 Å². The van der Waals surface area contributed by atoms with Crippen molar-refractivity contribution in [2.45, 2.75) is 6.04 Å². The number of piperazine rings is 1. The summed E-state index contributed by atoms with van der Waals surface area (Å²) in [6, 6.07) is 7.36. The maximum absolute atomic E-state index is 12.5. The maximum Gasteiger partial charge on any atom is 0.241 e. The monoisotopic (exact) mass is 320 g/mol. The van der Waals surface area contributed by atoms with Crippen LogP contribution in [0.1, 0.15) is 0 Å². The van der Waals surface area contributed by atoms with Crippen LogP contribution >= 0.6 is 0 Å². The molecule has 7 nitrogen and oxygen atoms in total. The largest absolute Gasteiger partial charge is 0.497 e. The summed E-state index contributed by atoms with van der Waals surface area (Å²) < 4.78 is 5.17. The molecule has 2 amide bonds. The average Bonchev–Trinajstić information content (AvgIpc) is 2.54. The van der Waals surface area contributed by atoms with E-state index in [1.807, 2.05) is 29.2 Å². The van der Waals surface area contributed by atoms with Crippen LogP contribution in [0.25, 0.3) is 0 Å². The highest BCUT2D eigenvalue weighted by atomic mass is 16.5. The zero-order valence-corrected chi connectivity index (χ0v) is 13.9. The van der Waals surface area contributed by atoms with Crippen LogP contribution in [-0.2, 0) is 9.59 Å². The molecule has 1 aromatic carbocycles. The number of benzene rings is 1. The van der Waals surface area contributed by atoms with Gasteiger partial charge in [0, 0.05) is 39.4 Å². The number of methoxy groups -OCH3 is 1. The van der Waals surface area contributed by atoms with Crippen molar-refractivity contribution in [3.8, 4) is 5.75 Å². The second-order valence-corrected chi connectivity index (χ2v) is 5.83. The van der Waals surface area contributed by atoms with Crippen LogP contribution < -0.4 is 15.4 Å². The Labute approximate surface area is 136 Å². The summed E-state index contributed by atoms with van der Waals surface area (Å²) in [6.45, 7) is 1.97.